The van der Waals surface area contributed by atoms with Gasteiger partial charge in [0.05, 0.1) is 0 Å². The summed E-state index contributed by atoms with van der Waals surface area (Å²) in [5.41, 5.74) is 1.41. The lowest BCUT2D eigenvalue weighted by Gasteiger charge is -1.94. The Morgan fingerprint density at radius 2 is 2.08 bits per heavy atom. The van der Waals surface area contributed by atoms with Gasteiger partial charge in [0.25, 0.3) is 0 Å². The van der Waals surface area contributed by atoms with E-state index in [0.717, 1.165) is 0 Å². The predicted molar refractivity (Wildman–Crippen MR) is 46.6 cm³/mol. The average Bonchev–Trinajstić information content (AvgIpc) is 2.13. The lowest BCUT2D eigenvalue weighted by atomic mass is 10.2. The van der Waals surface area contributed by atoms with E-state index in [1.54, 1.807) is 0 Å². The SMILES string of the molecule is CCCc1cccc[n+]1C.[C-]#N. The zero-order chi connectivity index (χ0) is 9.40. The van der Waals surface area contributed by atoms with Gasteiger partial charge in [0.15, 0.2) is 11.9 Å². The summed E-state index contributed by atoms with van der Waals surface area (Å²) in [5, 5.41) is 6.25. The minimum atomic E-state index is 1.18. The number of hydrogen-bond donors (Lipinski definition) is 0. The molecule has 0 amide bonds. The Balaban J connectivity index is 0.000000561. The van der Waals surface area contributed by atoms with Gasteiger partial charge in [-0.3, -0.25) is 0 Å². The molecule has 0 aliphatic carbocycles. The highest BCUT2D eigenvalue weighted by Gasteiger charge is 2.00. The number of hydrogen-bond acceptors (Lipinski definition) is 1. The molecule has 0 saturated carbocycles. The molecule has 0 aromatic carbocycles. The maximum Gasteiger partial charge on any atom is 0.181 e. The van der Waals surface area contributed by atoms with Crippen molar-refractivity contribution >= 4 is 0 Å². The van der Waals surface area contributed by atoms with Gasteiger partial charge in [-0.1, -0.05) is 13.0 Å². The Bertz CT molecular complexity index is 241. The van der Waals surface area contributed by atoms with Crippen molar-refractivity contribution < 1.29 is 4.57 Å². The van der Waals surface area contributed by atoms with Crippen LogP contribution in [0.25, 0.3) is 0 Å². The first-order valence-corrected chi connectivity index (χ1v) is 4.00. The molecule has 0 spiro atoms. The summed E-state index contributed by atoms with van der Waals surface area (Å²) >= 11 is 0. The highest BCUT2D eigenvalue weighted by molar-refractivity contribution is 4.96. The highest BCUT2D eigenvalue weighted by Crippen LogP contribution is 1.93. The molecule has 1 aromatic heterocycles. The van der Waals surface area contributed by atoms with E-state index in [1.807, 2.05) is 0 Å². The molecule has 0 aliphatic heterocycles. The normalized spacial score (nSPS) is 8.33. The highest BCUT2D eigenvalue weighted by atomic mass is 14.9. The molecule has 0 unspecified atom stereocenters. The van der Waals surface area contributed by atoms with Gasteiger partial charge in [-0.2, -0.15) is 0 Å². The second kappa shape index (κ2) is 6.36. The fraction of sp³-hybridized carbons (Fsp3) is 0.400. The van der Waals surface area contributed by atoms with Crippen LogP contribution in [0.1, 0.15) is 19.0 Å². The molecular weight excluding hydrogens is 148 g/mol. The second-order valence-electron chi connectivity index (χ2n) is 2.55. The summed E-state index contributed by atoms with van der Waals surface area (Å²) in [6.45, 7) is 6.95. The van der Waals surface area contributed by atoms with Crippen LogP contribution in [-0.4, -0.2) is 0 Å². The first kappa shape index (κ1) is 10.6. The molecule has 0 N–H and O–H groups in total. The number of rotatable bonds is 2. The van der Waals surface area contributed by atoms with Gasteiger partial charge in [-0.15, -0.1) is 0 Å². The second-order valence-corrected chi connectivity index (χ2v) is 2.55. The molecule has 0 radical (unpaired) electrons. The smallest absolute Gasteiger partial charge is 0.181 e. The van der Waals surface area contributed by atoms with Gasteiger partial charge in [-0.05, 0) is 6.42 Å². The summed E-state index contributed by atoms with van der Waals surface area (Å²) in [5.74, 6) is 0. The molecule has 64 valence electrons. The molecule has 0 fully saturated rings. The molecule has 1 rings (SSSR count). The fourth-order valence-electron chi connectivity index (χ4n) is 1.07. The summed E-state index contributed by atoms with van der Waals surface area (Å²) in [6.07, 6.45) is 4.49. The van der Waals surface area contributed by atoms with Crippen LogP contribution < -0.4 is 4.57 Å². The van der Waals surface area contributed by atoms with Crippen molar-refractivity contribution in [3.8, 4) is 0 Å². The maximum absolute atomic E-state index is 6.25. The Hall–Kier alpha value is -1.36. The largest absolute Gasteiger partial charge is 0.512 e. The number of aromatic nitrogens is 1. The van der Waals surface area contributed by atoms with Gasteiger partial charge >= 0.3 is 0 Å². The van der Waals surface area contributed by atoms with Crippen molar-refractivity contribution in [2.75, 3.05) is 0 Å². The molecule has 0 aliphatic rings. The topological polar surface area (TPSA) is 27.7 Å². The third-order valence-corrected chi connectivity index (χ3v) is 1.67. The van der Waals surface area contributed by atoms with E-state index in [2.05, 4.69) is 42.9 Å². The molecule has 0 bridgehead atoms. The van der Waals surface area contributed by atoms with Crippen molar-refractivity contribution in [2.45, 2.75) is 19.8 Å². The molecule has 12 heavy (non-hydrogen) atoms. The van der Waals surface area contributed by atoms with E-state index in [-0.39, 0.29) is 0 Å². The first-order chi connectivity index (χ1) is 5.84. The van der Waals surface area contributed by atoms with Crippen LogP contribution in [0.4, 0.5) is 0 Å². The first-order valence-electron chi connectivity index (χ1n) is 4.00. The maximum atomic E-state index is 6.25. The van der Waals surface area contributed by atoms with Crippen LogP contribution in [0.2, 0.25) is 0 Å². The lowest BCUT2D eigenvalue weighted by molar-refractivity contribution is -0.679. The number of pyridine rings is 1. The molecule has 0 saturated heterocycles. The molecule has 0 atom stereocenters. The summed E-state index contributed by atoms with van der Waals surface area (Å²) in [7, 11) is 2.09. The van der Waals surface area contributed by atoms with Crippen LogP contribution >= 0.6 is 0 Å². The minimum Gasteiger partial charge on any atom is -0.512 e. The average molecular weight is 162 g/mol. The Morgan fingerprint density at radius 3 is 2.58 bits per heavy atom. The standard InChI is InChI=1S/C9H14N.CN/c1-3-6-9-7-4-5-8-10(9)2;1-2/h4-5,7-8H,3,6H2,1-2H3;/q+1;-1. The monoisotopic (exact) mass is 162 g/mol. The van der Waals surface area contributed by atoms with E-state index < -0.39 is 0 Å². The predicted octanol–water partition coefficient (Wildman–Crippen LogP) is 1.56. The van der Waals surface area contributed by atoms with Gasteiger partial charge in [0.1, 0.15) is 7.05 Å². The van der Waals surface area contributed by atoms with E-state index in [4.69, 9.17) is 11.8 Å². The third kappa shape index (κ3) is 3.16. The molecule has 2 heteroatoms. The number of aryl methyl sites for hydroxylation is 2. The van der Waals surface area contributed by atoms with Gasteiger partial charge < -0.3 is 11.8 Å². The van der Waals surface area contributed by atoms with Crippen LogP contribution in [0, 0.1) is 11.8 Å². The van der Waals surface area contributed by atoms with Crippen molar-refractivity contribution in [1.82, 2.24) is 0 Å². The van der Waals surface area contributed by atoms with E-state index >= 15 is 0 Å². The fourth-order valence-corrected chi connectivity index (χ4v) is 1.07. The number of nitrogens with zero attached hydrogens (tertiary/aromatic N) is 2. The summed E-state index contributed by atoms with van der Waals surface area (Å²) in [6, 6.07) is 6.31. The zero-order valence-electron chi connectivity index (χ0n) is 7.62. The van der Waals surface area contributed by atoms with Gasteiger partial charge in [0.2, 0.25) is 0 Å². The van der Waals surface area contributed by atoms with Crippen molar-refractivity contribution in [2.24, 2.45) is 7.05 Å². The van der Waals surface area contributed by atoms with Crippen molar-refractivity contribution in [3.63, 3.8) is 0 Å². The summed E-state index contributed by atoms with van der Waals surface area (Å²) < 4.78 is 2.17. The molecular formula is C10H14N2. The minimum absolute atomic E-state index is 1.18. The van der Waals surface area contributed by atoms with Crippen molar-refractivity contribution in [1.29, 1.82) is 5.26 Å². The van der Waals surface area contributed by atoms with Gasteiger partial charge in [0, 0.05) is 18.6 Å². The molecule has 1 heterocycles. The Labute approximate surface area is 74.1 Å². The zero-order valence-corrected chi connectivity index (χ0v) is 7.62. The van der Waals surface area contributed by atoms with Crippen molar-refractivity contribution in [3.05, 3.63) is 36.7 Å². The third-order valence-electron chi connectivity index (χ3n) is 1.67. The van der Waals surface area contributed by atoms with Crippen LogP contribution in [0.5, 0.6) is 0 Å². The van der Waals surface area contributed by atoms with Crippen LogP contribution in [-0.2, 0) is 13.5 Å². The quantitative estimate of drug-likeness (QED) is 0.479. The van der Waals surface area contributed by atoms with Crippen LogP contribution in [0.15, 0.2) is 24.4 Å². The Kier molecular flexibility index (Phi) is 5.64. The Morgan fingerprint density at radius 1 is 1.42 bits per heavy atom. The van der Waals surface area contributed by atoms with Crippen LogP contribution in [0.3, 0.4) is 0 Å². The molecule has 1 aromatic rings. The van der Waals surface area contributed by atoms with Gasteiger partial charge in [-0.25, -0.2) is 4.57 Å². The van der Waals surface area contributed by atoms with E-state index in [9.17, 15) is 0 Å². The lowest BCUT2D eigenvalue weighted by Crippen LogP contribution is -2.32. The summed E-state index contributed by atoms with van der Waals surface area (Å²) in [4.78, 5) is 0. The molecule has 2 nitrogen and oxygen atoms in total. The van der Waals surface area contributed by atoms with E-state index in [1.165, 1.54) is 18.5 Å². The van der Waals surface area contributed by atoms with E-state index in [0.29, 0.717) is 0 Å².